The second kappa shape index (κ2) is 15.1. The van der Waals surface area contributed by atoms with E-state index in [4.69, 9.17) is 20.9 Å². The van der Waals surface area contributed by atoms with E-state index in [0.29, 0.717) is 24.5 Å². The van der Waals surface area contributed by atoms with Gasteiger partial charge in [0.05, 0.1) is 12.1 Å². The van der Waals surface area contributed by atoms with Crippen LogP contribution in [0.4, 0.5) is 21.0 Å². The number of hydrogen-bond donors (Lipinski definition) is 2. The number of benzene rings is 2. The highest BCUT2D eigenvalue weighted by Crippen LogP contribution is 2.23. The summed E-state index contributed by atoms with van der Waals surface area (Å²) in [5, 5.41) is 0. The molecule has 8 nitrogen and oxygen atoms in total. The Morgan fingerprint density at radius 1 is 0.727 bits per heavy atom. The quantitative estimate of drug-likeness (QED) is 0.214. The zero-order valence-corrected chi connectivity index (χ0v) is 29.5. The van der Waals surface area contributed by atoms with Gasteiger partial charge in [0.2, 0.25) is 0 Å². The zero-order chi connectivity index (χ0) is 32.7. The molecule has 0 aromatic heterocycles. The first kappa shape index (κ1) is 35.1. The molecule has 2 aromatic carbocycles. The molecule has 0 saturated carbocycles. The SMILES string of the molecule is CC(C)(C)OC(=O)N1CCC[C@@H]1C#Cc1cc(Br)ccc1N.CC(C)(C)OC(=O)N1CCC[C@@H]1C#Cc1cc(Br)ccc1N. The van der Waals surface area contributed by atoms with E-state index in [2.05, 4.69) is 55.5 Å². The molecule has 44 heavy (non-hydrogen) atoms. The number of ether oxygens (including phenoxy) is 2. The van der Waals surface area contributed by atoms with Gasteiger partial charge in [-0.1, -0.05) is 55.5 Å². The van der Waals surface area contributed by atoms with Crippen molar-refractivity contribution in [1.29, 1.82) is 0 Å². The van der Waals surface area contributed by atoms with Crippen LogP contribution in [0.25, 0.3) is 0 Å². The summed E-state index contributed by atoms with van der Waals surface area (Å²) in [7, 11) is 0. The van der Waals surface area contributed by atoms with Gasteiger partial charge >= 0.3 is 12.2 Å². The first-order valence-electron chi connectivity index (χ1n) is 14.6. The fourth-order valence-electron chi connectivity index (χ4n) is 4.51. The molecule has 2 fully saturated rings. The Labute approximate surface area is 278 Å². The predicted octanol–water partition coefficient (Wildman–Crippen LogP) is 7.56. The number of nitrogens with zero attached hydrogens (tertiary/aromatic N) is 2. The fourth-order valence-corrected chi connectivity index (χ4v) is 5.23. The van der Waals surface area contributed by atoms with E-state index in [0.717, 1.165) is 45.8 Å². The average molecular weight is 731 g/mol. The lowest BCUT2D eigenvalue weighted by Crippen LogP contribution is -2.39. The maximum Gasteiger partial charge on any atom is 0.411 e. The molecule has 2 atom stereocenters. The van der Waals surface area contributed by atoms with Crippen molar-refractivity contribution in [2.75, 3.05) is 24.6 Å². The molecule has 2 saturated heterocycles. The van der Waals surface area contributed by atoms with Gasteiger partial charge in [0.1, 0.15) is 11.2 Å². The minimum absolute atomic E-state index is 0.117. The number of nitrogen functional groups attached to an aromatic ring is 2. The second-order valence-corrected chi connectivity index (χ2v) is 14.5. The van der Waals surface area contributed by atoms with Gasteiger partial charge in [-0.2, -0.15) is 0 Å². The van der Waals surface area contributed by atoms with Crippen LogP contribution in [0.1, 0.15) is 78.4 Å². The summed E-state index contributed by atoms with van der Waals surface area (Å²) in [6.07, 6.45) is 3.00. The van der Waals surface area contributed by atoms with Crippen molar-refractivity contribution in [1.82, 2.24) is 9.80 Å². The Bertz CT molecular complexity index is 1360. The van der Waals surface area contributed by atoms with Gasteiger partial charge in [0.25, 0.3) is 0 Å². The summed E-state index contributed by atoms with van der Waals surface area (Å²) >= 11 is 6.82. The van der Waals surface area contributed by atoms with Gasteiger partial charge in [-0.15, -0.1) is 0 Å². The molecule has 2 aliphatic heterocycles. The minimum Gasteiger partial charge on any atom is -0.444 e. The number of carbonyl (C=O) groups excluding carboxylic acids is 2. The first-order chi connectivity index (χ1) is 20.5. The molecule has 0 spiro atoms. The average Bonchev–Trinajstić information content (AvgIpc) is 3.58. The van der Waals surface area contributed by atoms with Crippen LogP contribution in [0.5, 0.6) is 0 Å². The summed E-state index contributed by atoms with van der Waals surface area (Å²) in [6.45, 7) is 12.6. The number of amides is 2. The lowest BCUT2D eigenvalue weighted by Gasteiger charge is -2.26. The molecular weight excluding hydrogens is 688 g/mol. The second-order valence-electron chi connectivity index (χ2n) is 12.7. The summed E-state index contributed by atoms with van der Waals surface area (Å²) in [6, 6.07) is 10.9. The summed E-state index contributed by atoms with van der Waals surface area (Å²) in [4.78, 5) is 27.8. The molecule has 0 aliphatic carbocycles. The van der Waals surface area contributed by atoms with Crippen molar-refractivity contribution >= 4 is 55.4 Å². The molecule has 2 heterocycles. The molecule has 10 heteroatoms. The standard InChI is InChI=1S/2C17H21BrN2O2/c2*1-17(2,3)22-16(21)20-10-4-5-14(20)8-6-12-11-13(18)7-9-15(12)19/h2*7,9,11,14H,4-5,10,19H2,1-3H3/t2*14-/m11/s1. The van der Waals surface area contributed by atoms with Gasteiger partial charge in [-0.25, -0.2) is 9.59 Å². The third-order valence-electron chi connectivity index (χ3n) is 6.54. The van der Waals surface area contributed by atoms with Crippen LogP contribution in [-0.2, 0) is 9.47 Å². The van der Waals surface area contributed by atoms with E-state index in [-0.39, 0.29) is 24.3 Å². The van der Waals surface area contributed by atoms with Crippen molar-refractivity contribution in [2.24, 2.45) is 0 Å². The van der Waals surface area contributed by atoms with E-state index in [9.17, 15) is 9.59 Å². The molecule has 0 unspecified atom stereocenters. The summed E-state index contributed by atoms with van der Waals surface area (Å²) in [5.74, 6) is 12.5. The maximum atomic E-state index is 12.2. The highest BCUT2D eigenvalue weighted by molar-refractivity contribution is 9.10. The smallest absolute Gasteiger partial charge is 0.411 e. The first-order valence-corrected chi connectivity index (χ1v) is 16.2. The number of nitrogens with two attached hydrogens (primary N) is 2. The van der Waals surface area contributed by atoms with Gasteiger partial charge in [0.15, 0.2) is 0 Å². The maximum absolute atomic E-state index is 12.2. The van der Waals surface area contributed by atoms with E-state index in [1.54, 1.807) is 9.80 Å². The van der Waals surface area contributed by atoms with Crippen molar-refractivity contribution in [3.8, 4) is 23.7 Å². The number of halogens is 2. The molecule has 2 aliphatic rings. The van der Waals surface area contributed by atoms with Crippen molar-refractivity contribution in [3.05, 3.63) is 56.5 Å². The lowest BCUT2D eigenvalue weighted by atomic mass is 10.1. The third-order valence-corrected chi connectivity index (χ3v) is 7.53. The third kappa shape index (κ3) is 11.0. The normalized spacial score (nSPS) is 17.8. The summed E-state index contributed by atoms with van der Waals surface area (Å²) < 4.78 is 12.7. The molecule has 236 valence electrons. The van der Waals surface area contributed by atoms with Gasteiger partial charge in [-0.05, 0) is 104 Å². The highest BCUT2D eigenvalue weighted by atomic mass is 79.9. The Hall–Kier alpha value is -3.34. The minimum atomic E-state index is -0.494. The largest absolute Gasteiger partial charge is 0.444 e. The lowest BCUT2D eigenvalue weighted by molar-refractivity contribution is 0.0250. The van der Waals surface area contributed by atoms with Crippen LogP contribution in [0.15, 0.2) is 45.3 Å². The number of anilines is 2. The van der Waals surface area contributed by atoms with Gasteiger partial charge in [0, 0.05) is 44.5 Å². The Kier molecular flexibility index (Phi) is 12.1. The van der Waals surface area contributed by atoms with E-state index in [1.165, 1.54) is 0 Å². The summed E-state index contributed by atoms with van der Waals surface area (Å²) in [5.41, 5.74) is 13.7. The number of carbonyl (C=O) groups is 2. The monoisotopic (exact) mass is 728 g/mol. The molecule has 2 aromatic rings. The Morgan fingerprint density at radius 3 is 1.43 bits per heavy atom. The fraction of sp³-hybridized carbons (Fsp3) is 0.471. The van der Waals surface area contributed by atoms with Crippen LogP contribution < -0.4 is 11.5 Å². The van der Waals surface area contributed by atoms with Crippen LogP contribution in [0.2, 0.25) is 0 Å². The van der Waals surface area contributed by atoms with E-state index >= 15 is 0 Å². The molecule has 0 radical (unpaired) electrons. The number of likely N-dealkylation sites (tertiary alicyclic amines) is 2. The Balaban J connectivity index is 0.000000240. The van der Waals surface area contributed by atoms with Gasteiger partial charge in [-0.3, -0.25) is 9.80 Å². The van der Waals surface area contributed by atoms with E-state index in [1.807, 2.05) is 77.9 Å². The number of rotatable bonds is 0. The topological polar surface area (TPSA) is 111 Å². The van der Waals surface area contributed by atoms with Gasteiger partial charge < -0.3 is 20.9 Å². The molecular formula is C34H42Br2N4O4. The molecule has 2 amide bonds. The van der Waals surface area contributed by atoms with Crippen molar-refractivity contribution in [2.45, 2.75) is 90.5 Å². The highest BCUT2D eigenvalue weighted by Gasteiger charge is 2.32. The molecule has 4 N–H and O–H groups in total. The van der Waals surface area contributed by atoms with Crippen LogP contribution in [0, 0.1) is 23.7 Å². The molecule has 4 rings (SSSR count). The van der Waals surface area contributed by atoms with Crippen molar-refractivity contribution in [3.63, 3.8) is 0 Å². The zero-order valence-electron chi connectivity index (χ0n) is 26.3. The van der Waals surface area contributed by atoms with E-state index < -0.39 is 11.2 Å². The van der Waals surface area contributed by atoms with Crippen LogP contribution >= 0.6 is 31.9 Å². The van der Waals surface area contributed by atoms with Crippen molar-refractivity contribution < 1.29 is 19.1 Å². The Morgan fingerprint density at radius 2 is 1.09 bits per heavy atom. The predicted molar refractivity (Wildman–Crippen MR) is 183 cm³/mol. The number of hydrogen-bond acceptors (Lipinski definition) is 6. The molecule has 0 bridgehead atoms. The van der Waals surface area contributed by atoms with Crippen LogP contribution in [0.3, 0.4) is 0 Å². The van der Waals surface area contributed by atoms with Crippen LogP contribution in [-0.4, -0.2) is 58.4 Å².